The van der Waals surface area contributed by atoms with Crippen LogP contribution in [0.2, 0.25) is 0 Å². The summed E-state index contributed by atoms with van der Waals surface area (Å²) in [7, 11) is 0. The Labute approximate surface area is 90.8 Å². The molecule has 13 heavy (non-hydrogen) atoms. The molecule has 70 valence electrons. The van der Waals surface area contributed by atoms with Gasteiger partial charge in [0.25, 0.3) is 0 Å². The van der Waals surface area contributed by atoms with Gasteiger partial charge in [0.15, 0.2) is 5.17 Å². The first-order chi connectivity index (χ1) is 6.13. The van der Waals surface area contributed by atoms with Gasteiger partial charge in [0.1, 0.15) is 0 Å². The summed E-state index contributed by atoms with van der Waals surface area (Å²) in [6.07, 6.45) is 1.90. The molecule has 0 amide bonds. The third kappa shape index (κ3) is 3.04. The first-order valence-electron chi connectivity index (χ1n) is 3.78. The molecule has 2 N–H and O–H groups in total. The van der Waals surface area contributed by atoms with Crippen molar-refractivity contribution in [1.82, 2.24) is 0 Å². The Kier molecular flexibility index (Phi) is 3.81. The molecular weight excluding hydrogens is 248 g/mol. The van der Waals surface area contributed by atoms with Crippen molar-refractivity contribution in [3.05, 3.63) is 28.2 Å². The smallest absolute Gasteiger partial charge is 0.158 e. The molecule has 0 bridgehead atoms. The summed E-state index contributed by atoms with van der Waals surface area (Å²) in [6.45, 7) is 2.04. The molecule has 1 aromatic carbocycles. The van der Waals surface area contributed by atoms with E-state index in [4.69, 9.17) is 5.73 Å². The fourth-order valence-electron chi connectivity index (χ4n) is 0.867. The molecule has 0 aliphatic rings. The third-order valence-electron chi connectivity index (χ3n) is 1.54. The van der Waals surface area contributed by atoms with E-state index in [0.29, 0.717) is 5.17 Å². The van der Waals surface area contributed by atoms with E-state index in [1.54, 1.807) is 0 Å². The highest BCUT2D eigenvalue weighted by atomic mass is 79.9. The van der Waals surface area contributed by atoms with Crippen molar-refractivity contribution in [3.8, 4) is 0 Å². The van der Waals surface area contributed by atoms with Gasteiger partial charge >= 0.3 is 0 Å². The minimum atomic E-state index is 0.574. The Balaban J connectivity index is 3.03. The van der Waals surface area contributed by atoms with E-state index in [2.05, 4.69) is 20.9 Å². The number of aryl methyl sites for hydroxylation is 1. The van der Waals surface area contributed by atoms with Crippen LogP contribution in [0.5, 0.6) is 0 Å². The van der Waals surface area contributed by atoms with Crippen molar-refractivity contribution in [1.29, 1.82) is 0 Å². The van der Waals surface area contributed by atoms with E-state index in [1.807, 2.05) is 31.4 Å². The first-order valence-corrected chi connectivity index (χ1v) is 5.79. The van der Waals surface area contributed by atoms with Crippen molar-refractivity contribution in [2.45, 2.75) is 6.92 Å². The van der Waals surface area contributed by atoms with Crippen LogP contribution < -0.4 is 5.73 Å². The fourth-order valence-corrected chi connectivity index (χ4v) is 1.64. The van der Waals surface area contributed by atoms with Gasteiger partial charge in [-0.15, -0.1) is 0 Å². The first kappa shape index (κ1) is 10.6. The van der Waals surface area contributed by atoms with Gasteiger partial charge in [-0.2, -0.15) is 0 Å². The van der Waals surface area contributed by atoms with Crippen LogP contribution in [0.1, 0.15) is 5.56 Å². The van der Waals surface area contributed by atoms with Gasteiger partial charge in [0.05, 0.1) is 5.69 Å². The topological polar surface area (TPSA) is 38.4 Å². The van der Waals surface area contributed by atoms with E-state index in [1.165, 1.54) is 17.3 Å². The Morgan fingerprint density at radius 2 is 2.23 bits per heavy atom. The van der Waals surface area contributed by atoms with Crippen LogP contribution in [-0.4, -0.2) is 11.4 Å². The van der Waals surface area contributed by atoms with E-state index in [0.717, 1.165) is 10.2 Å². The standard InChI is InChI=1S/C9H11BrN2S/c1-6-3-4-8(7(10)5-6)12-9(11)13-2/h3-5H,1-2H3,(H2,11,12). The Hall–Kier alpha value is -0.480. The number of nitrogens with zero attached hydrogens (tertiary/aromatic N) is 1. The average Bonchev–Trinajstić information content (AvgIpc) is 2.09. The SMILES string of the molecule is CSC(N)=Nc1ccc(C)cc1Br. The van der Waals surface area contributed by atoms with Crippen LogP contribution >= 0.6 is 27.7 Å². The summed E-state index contributed by atoms with van der Waals surface area (Å²) < 4.78 is 0.976. The van der Waals surface area contributed by atoms with Crippen LogP contribution in [0, 0.1) is 6.92 Å². The minimum Gasteiger partial charge on any atom is -0.378 e. The maximum atomic E-state index is 5.60. The van der Waals surface area contributed by atoms with E-state index in [9.17, 15) is 0 Å². The molecule has 0 saturated heterocycles. The van der Waals surface area contributed by atoms with Crippen LogP contribution in [0.15, 0.2) is 27.7 Å². The van der Waals surface area contributed by atoms with Crippen LogP contribution in [0.4, 0.5) is 5.69 Å². The number of hydrogen-bond donors (Lipinski definition) is 1. The summed E-state index contributed by atoms with van der Waals surface area (Å²) in [5.41, 5.74) is 7.68. The van der Waals surface area contributed by atoms with Gasteiger partial charge in [-0.1, -0.05) is 17.8 Å². The molecule has 0 fully saturated rings. The summed E-state index contributed by atoms with van der Waals surface area (Å²) >= 11 is 4.87. The van der Waals surface area contributed by atoms with E-state index < -0.39 is 0 Å². The molecule has 0 saturated carbocycles. The zero-order valence-electron chi connectivity index (χ0n) is 7.54. The second-order valence-corrected chi connectivity index (χ2v) is 4.29. The van der Waals surface area contributed by atoms with Crippen LogP contribution in [0.25, 0.3) is 0 Å². The predicted molar refractivity (Wildman–Crippen MR) is 63.7 cm³/mol. The molecule has 1 aromatic rings. The maximum Gasteiger partial charge on any atom is 0.158 e. The summed E-state index contributed by atoms with van der Waals surface area (Å²) in [5, 5.41) is 0.574. The summed E-state index contributed by atoms with van der Waals surface area (Å²) in [5.74, 6) is 0. The molecule has 0 aliphatic carbocycles. The number of hydrogen-bond acceptors (Lipinski definition) is 2. The van der Waals surface area contributed by atoms with Gasteiger partial charge in [0, 0.05) is 4.47 Å². The summed E-state index contributed by atoms with van der Waals surface area (Å²) in [4.78, 5) is 4.23. The van der Waals surface area contributed by atoms with Crippen molar-refractivity contribution < 1.29 is 0 Å². The second-order valence-electron chi connectivity index (χ2n) is 2.61. The van der Waals surface area contributed by atoms with Gasteiger partial charge in [-0.05, 0) is 46.8 Å². The van der Waals surface area contributed by atoms with E-state index >= 15 is 0 Å². The molecule has 0 spiro atoms. The van der Waals surface area contributed by atoms with Gasteiger partial charge < -0.3 is 5.73 Å². The molecule has 0 unspecified atom stereocenters. The zero-order chi connectivity index (χ0) is 9.84. The maximum absolute atomic E-state index is 5.60. The molecule has 0 radical (unpaired) electrons. The number of aliphatic imine (C=N–C) groups is 1. The number of nitrogens with two attached hydrogens (primary N) is 1. The third-order valence-corrected chi connectivity index (χ3v) is 2.69. The van der Waals surface area contributed by atoms with Crippen molar-refractivity contribution in [2.24, 2.45) is 10.7 Å². The fraction of sp³-hybridized carbons (Fsp3) is 0.222. The average molecular weight is 259 g/mol. The molecule has 0 aromatic heterocycles. The van der Waals surface area contributed by atoms with Gasteiger partial charge in [-0.3, -0.25) is 0 Å². The van der Waals surface area contributed by atoms with E-state index in [-0.39, 0.29) is 0 Å². The van der Waals surface area contributed by atoms with Gasteiger partial charge in [0.2, 0.25) is 0 Å². The molecule has 0 heterocycles. The Morgan fingerprint density at radius 1 is 1.54 bits per heavy atom. The van der Waals surface area contributed by atoms with Crippen molar-refractivity contribution in [2.75, 3.05) is 6.26 Å². The van der Waals surface area contributed by atoms with Crippen LogP contribution in [0.3, 0.4) is 0 Å². The normalized spacial score (nSPS) is 11.8. The number of thioether (sulfide) groups is 1. The molecule has 1 rings (SSSR count). The second kappa shape index (κ2) is 4.67. The number of rotatable bonds is 1. The van der Waals surface area contributed by atoms with Crippen molar-refractivity contribution >= 4 is 38.5 Å². The number of benzene rings is 1. The predicted octanol–water partition coefficient (Wildman–Crippen LogP) is 3.07. The number of amidine groups is 1. The molecule has 0 aliphatic heterocycles. The van der Waals surface area contributed by atoms with Gasteiger partial charge in [-0.25, -0.2) is 4.99 Å². The minimum absolute atomic E-state index is 0.574. The highest BCUT2D eigenvalue weighted by Gasteiger charge is 1.98. The monoisotopic (exact) mass is 258 g/mol. The molecule has 2 nitrogen and oxygen atoms in total. The lowest BCUT2D eigenvalue weighted by atomic mass is 10.2. The number of halogens is 1. The largest absolute Gasteiger partial charge is 0.378 e. The quantitative estimate of drug-likeness (QED) is 0.621. The lowest BCUT2D eigenvalue weighted by Gasteiger charge is -2.00. The lowest BCUT2D eigenvalue weighted by molar-refractivity contribution is 1.41. The molecular formula is C9H11BrN2S. The summed E-state index contributed by atoms with van der Waals surface area (Å²) in [6, 6.07) is 5.98. The molecule has 4 heteroatoms. The Bertz CT molecular complexity index is 336. The highest BCUT2D eigenvalue weighted by Crippen LogP contribution is 2.26. The molecule has 0 atom stereocenters. The Morgan fingerprint density at radius 3 is 2.77 bits per heavy atom. The zero-order valence-corrected chi connectivity index (χ0v) is 9.95. The highest BCUT2D eigenvalue weighted by molar-refractivity contribution is 9.10. The van der Waals surface area contributed by atoms with Crippen LogP contribution in [-0.2, 0) is 0 Å². The van der Waals surface area contributed by atoms with Crippen molar-refractivity contribution in [3.63, 3.8) is 0 Å². The lowest BCUT2D eigenvalue weighted by Crippen LogP contribution is -2.04.